The summed E-state index contributed by atoms with van der Waals surface area (Å²) in [5.41, 5.74) is 2.60. The van der Waals surface area contributed by atoms with Gasteiger partial charge in [0.15, 0.2) is 0 Å². The van der Waals surface area contributed by atoms with Crippen molar-refractivity contribution in [3.63, 3.8) is 0 Å². The van der Waals surface area contributed by atoms with Crippen molar-refractivity contribution in [3.05, 3.63) is 11.6 Å². The van der Waals surface area contributed by atoms with Crippen LogP contribution in [0.1, 0.15) is 105 Å². The van der Waals surface area contributed by atoms with E-state index in [4.69, 9.17) is 0 Å². The maximum absolute atomic E-state index is 10.2. The Morgan fingerprint density at radius 1 is 1.00 bits per heavy atom. The quantitative estimate of drug-likeness (QED) is 0.488. The molecule has 8 atom stereocenters. The lowest BCUT2D eigenvalue weighted by Crippen LogP contribution is -2.50. The van der Waals surface area contributed by atoms with Crippen molar-refractivity contribution in [2.45, 2.75) is 111 Å². The van der Waals surface area contributed by atoms with E-state index < -0.39 is 0 Å². The predicted molar refractivity (Wildman–Crippen MR) is 119 cm³/mol. The monoisotopic (exact) mass is 386 g/mol. The fraction of sp³-hybridized carbons (Fsp3) is 0.926. The highest BCUT2D eigenvalue weighted by atomic mass is 16.3. The van der Waals surface area contributed by atoms with Gasteiger partial charge in [-0.3, -0.25) is 0 Å². The number of aliphatic hydroxyl groups is 1. The van der Waals surface area contributed by atoms with E-state index in [-0.39, 0.29) is 6.10 Å². The summed E-state index contributed by atoms with van der Waals surface area (Å²) in [7, 11) is 0. The summed E-state index contributed by atoms with van der Waals surface area (Å²) in [5.74, 6) is 5.46. The first-order chi connectivity index (χ1) is 13.3. The zero-order valence-corrected chi connectivity index (χ0v) is 19.3. The summed E-state index contributed by atoms with van der Waals surface area (Å²) in [4.78, 5) is 0. The molecule has 0 aromatic heterocycles. The predicted octanol–water partition coefficient (Wildman–Crippen LogP) is 7.39. The molecule has 0 heterocycles. The second-order valence-corrected chi connectivity index (χ2v) is 12.2. The van der Waals surface area contributed by atoms with Crippen molar-refractivity contribution in [2.24, 2.45) is 46.3 Å². The Bertz CT molecular complexity index is 591. The van der Waals surface area contributed by atoms with Crippen molar-refractivity contribution >= 4 is 0 Å². The number of fused-ring (bicyclic) bond motifs is 5. The SMILES string of the molecule is CC(C)CCC[C@@H](C)C1CCC2[C@@H]3CC=C4CC(O)CC[C@]4(C)[C@H]3CC[C@]12C. The molecule has 3 saturated carbocycles. The summed E-state index contributed by atoms with van der Waals surface area (Å²) in [6, 6.07) is 0. The normalized spacial score (nSPS) is 46.5. The molecule has 4 rings (SSSR count). The molecule has 28 heavy (non-hydrogen) atoms. The second kappa shape index (κ2) is 7.75. The molecule has 160 valence electrons. The molecule has 0 bridgehead atoms. The number of rotatable bonds is 5. The van der Waals surface area contributed by atoms with Gasteiger partial charge in [0.05, 0.1) is 6.10 Å². The first-order valence-corrected chi connectivity index (χ1v) is 12.6. The summed E-state index contributed by atoms with van der Waals surface area (Å²) in [6.07, 6.45) is 17.2. The molecule has 0 radical (unpaired) electrons. The van der Waals surface area contributed by atoms with E-state index in [2.05, 4.69) is 40.7 Å². The van der Waals surface area contributed by atoms with Crippen LogP contribution in [0.5, 0.6) is 0 Å². The molecule has 4 aliphatic carbocycles. The Labute approximate surface area is 174 Å². The third-order valence-electron chi connectivity index (χ3n) is 10.3. The molecule has 0 aromatic rings. The van der Waals surface area contributed by atoms with Crippen molar-refractivity contribution < 1.29 is 5.11 Å². The minimum atomic E-state index is -0.0766. The maximum atomic E-state index is 10.2. The van der Waals surface area contributed by atoms with Crippen LogP contribution in [-0.2, 0) is 0 Å². The Morgan fingerprint density at radius 3 is 2.54 bits per heavy atom. The summed E-state index contributed by atoms with van der Waals surface area (Å²) in [5, 5.41) is 10.2. The molecule has 0 amide bonds. The summed E-state index contributed by atoms with van der Waals surface area (Å²) in [6.45, 7) is 12.6. The minimum absolute atomic E-state index is 0.0766. The molecule has 1 N–H and O–H groups in total. The lowest BCUT2D eigenvalue weighted by molar-refractivity contribution is -0.0573. The Kier molecular flexibility index (Phi) is 5.80. The Hall–Kier alpha value is -0.300. The van der Waals surface area contributed by atoms with Gasteiger partial charge >= 0.3 is 0 Å². The van der Waals surface area contributed by atoms with E-state index in [9.17, 15) is 5.11 Å². The highest BCUT2D eigenvalue weighted by Crippen LogP contribution is 2.67. The molecule has 0 aromatic carbocycles. The minimum Gasteiger partial charge on any atom is -0.393 e. The molecular formula is C27H46O. The van der Waals surface area contributed by atoms with E-state index in [1.807, 2.05) is 0 Å². The molecule has 3 unspecified atom stereocenters. The fourth-order valence-corrected chi connectivity index (χ4v) is 8.67. The van der Waals surface area contributed by atoms with Crippen LogP contribution in [0.3, 0.4) is 0 Å². The van der Waals surface area contributed by atoms with Crippen LogP contribution in [0.25, 0.3) is 0 Å². The van der Waals surface area contributed by atoms with E-state index in [0.717, 1.165) is 48.3 Å². The Morgan fingerprint density at radius 2 is 1.79 bits per heavy atom. The lowest BCUT2D eigenvalue weighted by atomic mass is 9.47. The van der Waals surface area contributed by atoms with Gasteiger partial charge in [-0.25, -0.2) is 0 Å². The smallest absolute Gasteiger partial charge is 0.0577 e. The van der Waals surface area contributed by atoms with Crippen LogP contribution in [0.2, 0.25) is 0 Å². The van der Waals surface area contributed by atoms with Crippen molar-refractivity contribution in [3.8, 4) is 0 Å². The number of hydrogen-bond donors (Lipinski definition) is 1. The molecule has 4 aliphatic rings. The molecule has 1 heteroatoms. The number of hydrogen-bond acceptors (Lipinski definition) is 1. The third kappa shape index (κ3) is 3.42. The van der Waals surface area contributed by atoms with Gasteiger partial charge in [0.25, 0.3) is 0 Å². The molecular weight excluding hydrogens is 340 g/mol. The van der Waals surface area contributed by atoms with Crippen LogP contribution in [-0.4, -0.2) is 11.2 Å². The van der Waals surface area contributed by atoms with Gasteiger partial charge in [0, 0.05) is 0 Å². The van der Waals surface area contributed by atoms with Crippen LogP contribution in [0, 0.1) is 46.3 Å². The zero-order valence-electron chi connectivity index (χ0n) is 19.3. The van der Waals surface area contributed by atoms with Gasteiger partial charge in [0.2, 0.25) is 0 Å². The highest BCUT2D eigenvalue weighted by molar-refractivity contribution is 5.25. The first kappa shape index (κ1) is 21.0. The van der Waals surface area contributed by atoms with E-state index >= 15 is 0 Å². The topological polar surface area (TPSA) is 20.2 Å². The molecule has 0 spiro atoms. The third-order valence-corrected chi connectivity index (χ3v) is 10.3. The van der Waals surface area contributed by atoms with E-state index in [1.54, 1.807) is 5.57 Å². The first-order valence-electron chi connectivity index (χ1n) is 12.6. The van der Waals surface area contributed by atoms with Gasteiger partial charge < -0.3 is 5.11 Å². The van der Waals surface area contributed by atoms with Gasteiger partial charge in [-0.2, -0.15) is 0 Å². The molecule has 0 saturated heterocycles. The van der Waals surface area contributed by atoms with Crippen LogP contribution in [0.15, 0.2) is 11.6 Å². The lowest BCUT2D eigenvalue weighted by Gasteiger charge is -2.58. The van der Waals surface area contributed by atoms with Crippen molar-refractivity contribution in [2.75, 3.05) is 0 Å². The van der Waals surface area contributed by atoms with Gasteiger partial charge in [-0.1, -0.05) is 65.5 Å². The fourth-order valence-electron chi connectivity index (χ4n) is 8.67. The second-order valence-electron chi connectivity index (χ2n) is 12.2. The van der Waals surface area contributed by atoms with Gasteiger partial charge in [-0.15, -0.1) is 0 Å². The standard InChI is InChI=1S/C27H46O/c1-18(2)7-6-8-19(3)23-11-12-24-22-10-9-20-17-21(28)13-15-26(20,4)25(22)14-16-27(23,24)5/h9,18-19,21-25,28H,6-8,10-17H2,1-5H3/t19-,21?,22+,23?,24?,25+,26+,27-/m1/s1. The average molecular weight is 387 g/mol. The summed E-state index contributed by atoms with van der Waals surface area (Å²) < 4.78 is 0. The van der Waals surface area contributed by atoms with Crippen molar-refractivity contribution in [1.29, 1.82) is 0 Å². The van der Waals surface area contributed by atoms with Crippen LogP contribution in [0.4, 0.5) is 0 Å². The van der Waals surface area contributed by atoms with Crippen LogP contribution < -0.4 is 0 Å². The molecule has 0 aliphatic heterocycles. The summed E-state index contributed by atoms with van der Waals surface area (Å²) >= 11 is 0. The number of allylic oxidation sites excluding steroid dienone is 1. The van der Waals surface area contributed by atoms with Gasteiger partial charge in [-0.05, 0) is 97.7 Å². The molecule has 1 nitrogen and oxygen atoms in total. The van der Waals surface area contributed by atoms with Crippen molar-refractivity contribution in [1.82, 2.24) is 0 Å². The number of aliphatic hydroxyl groups excluding tert-OH is 1. The highest BCUT2D eigenvalue weighted by Gasteiger charge is 2.59. The van der Waals surface area contributed by atoms with E-state index in [0.29, 0.717) is 10.8 Å². The largest absolute Gasteiger partial charge is 0.393 e. The zero-order chi connectivity index (χ0) is 20.1. The maximum Gasteiger partial charge on any atom is 0.0577 e. The molecule has 3 fully saturated rings. The van der Waals surface area contributed by atoms with Crippen LogP contribution >= 0.6 is 0 Å². The Balaban J connectivity index is 1.49. The van der Waals surface area contributed by atoms with Gasteiger partial charge in [0.1, 0.15) is 0 Å². The average Bonchev–Trinajstić information content (AvgIpc) is 2.99. The van der Waals surface area contributed by atoms with E-state index in [1.165, 1.54) is 57.8 Å².